The lowest BCUT2D eigenvalue weighted by atomic mass is 9.95. The number of Topliss-reactive ketones (excluding diaryl/α,β-unsaturated/α-hetero) is 1. The normalized spacial score (nSPS) is 17.4. The summed E-state index contributed by atoms with van der Waals surface area (Å²) in [6, 6.07) is 0. The van der Waals surface area contributed by atoms with Gasteiger partial charge in [-0.05, 0) is 18.4 Å². The van der Waals surface area contributed by atoms with E-state index >= 15 is 0 Å². The maximum atomic E-state index is 12.1. The van der Waals surface area contributed by atoms with Crippen LogP contribution in [0.1, 0.15) is 12.8 Å². The highest BCUT2D eigenvalue weighted by Crippen LogP contribution is 2.28. The second-order valence-electron chi connectivity index (χ2n) is 2.92. The van der Waals surface area contributed by atoms with Crippen molar-refractivity contribution in [2.24, 2.45) is 0 Å². The number of rotatable bonds is 2. The van der Waals surface area contributed by atoms with E-state index in [-0.39, 0.29) is 17.9 Å². The average molecular weight is 225 g/mol. The van der Waals surface area contributed by atoms with Gasteiger partial charge in [0.15, 0.2) is 0 Å². The molecule has 0 amide bonds. The fourth-order valence-corrected chi connectivity index (χ4v) is 1.52. The maximum absolute atomic E-state index is 12.1. The van der Waals surface area contributed by atoms with E-state index in [0.29, 0.717) is 12.0 Å². The molecular weight excluding hydrogens is 217 g/mol. The van der Waals surface area contributed by atoms with Gasteiger partial charge in [0.25, 0.3) is 5.78 Å². The first-order chi connectivity index (χ1) is 6.46. The Hall–Kier alpha value is -0.770. The van der Waals surface area contributed by atoms with Gasteiger partial charge >= 0.3 is 6.18 Å². The van der Waals surface area contributed by atoms with Crippen molar-refractivity contribution < 1.29 is 18.0 Å². The van der Waals surface area contributed by atoms with Gasteiger partial charge < -0.3 is 0 Å². The molecule has 14 heavy (non-hydrogen) atoms. The van der Waals surface area contributed by atoms with Gasteiger partial charge in [0.2, 0.25) is 0 Å². The predicted octanol–water partition coefficient (Wildman–Crippen LogP) is 3.00. The standard InChI is InChI=1S/C9H8ClF3O/c10-5-6-3-1-2-4-7(6)8(14)9(11,12)13/h1-2H,3-5H2. The molecule has 0 saturated carbocycles. The van der Waals surface area contributed by atoms with E-state index in [1.54, 1.807) is 12.2 Å². The highest BCUT2D eigenvalue weighted by molar-refractivity contribution is 6.20. The molecule has 0 atom stereocenters. The van der Waals surface area contributed by atoms with Crippen molar-refractivity contribution in [3.8, 4) is 0 Å². The molecule has 78 valence electrons. The van der Waals surface area contributed by atoms with Crippen LogP contribution in [0.5, 0.6) is 0 Å². The largest absolute Gasteiger partial charge is 0.454 e. The Morgan fingerprint density at radius 2 is 1.93 bits per heavy atom. The lowest BCUT2D eigenvalue weighted by Gasteiger charge is -2.15. The SMILES string of the molecule is O=C(C1=C(CCl)CC=CC1)C(F)(F)F. The summed E-state index contributed by atoms with van der Waals surface area (Å²) in [5.74, 6) is -1.79. The Morgan fingerprint density at radius 1 is 1.36 bits per heavy atom. The second-order valence-corrected chi connectivity index (χ2v) is 3.19. The van der Waals surface area contributed by atoms with Gasteiger partial charge in [0, 0.05) is 11.5 Å². The summed E-state index contributed by atoms with van der Waals surface area (Å²) in [5, 5.41) is 0. The molecule has 0 bridgehead atoms. The van der Waals surface area contributed by atoms with E-state index < -0.39 is 12.0 Å². The number of halogens is 4. The van der Waals surface area contributed by atoms with Crippen LogP contribution in [0.25, 0.3) is 0 Å². The first kappa shape index (κ1) is 11.3. The minimum atomic E-state index is -4.79. The fourth-order valence-electron chi connectivity index (χ4n) is 1.25. The first-order valence-corrected chi connectivity index (χ1v) is 4.53. The Kier molecular flexibility index (Phi) is 3.37. The zero-order valence-corrected chi connectivity index (χ0v) is 7.95. The molecule has 0 radical (unpaired) electrons. The maximum Gasteiger partial charge on any atom is 0.454 e. The van der Waals surface area contributed by atoms with Gasteiger partial charge in [-0.2, -0.15) is 13.2 Å². The van der Waals surface area contributed by atoms with Crippen LogP contribution in [-0.4, -0.2) is 17.8 Å². The summed E-state index contributed by atoms with van der Waals surface area (Å²) in [7, 11) is 0. The average Bonchev–Trinajstić information content (AvgIpc) is 2.15. The molecule has 0 aromatic heterocycles. The van der Waals surface area contributed by atoms with E-state index in [4.69, 9.17) is 11.6 Å². The van der Waals surface area contributed by atoms with Crippen LogP contribution >= 0.6 is 11.6 Å². The number of ketones is 1. The molecule has 0 spiro atoms. The Bertz CT molecular complexity index is 302. The fraction of sp³-hybridized carbons (Fsp3) is 0.444. The summed E-state index contributed by atoms with van der Waals surface area (Å²) in [5.41, 5.74) is 0.173. The summed E-state index contributed by atoms with van der Waals surface area (Å²) in [6.07, 6.45) is -1.17. The third-order valence-corrected chi connectivity index (χ3v) is 2.30. The van der Waals surface area contributed by atoms with E-state index in [1.807, 2.05) is 0 Å². The highest BCUT2D eigenvalue weighted by Gasteiger charge is 2.41. The Balaban J connectivity index is 2.95. The molecule has 0 fully saturated rings. The summed E-state index contributed by atoms with van der Waals surface area (Å²) >= 11 is 5.46. The molecule has 0 aromatic carbocycles. The monoisotopic (exact) mass is 224 g/mol. The van der Waals surface area contributed by atoms with Crippen LogP contribution in [0.4, 0.5) is 13.2 Å². The second kappa shape index (κ2) is 4.17. The number of allylic oxidation sites excluding steroid dienone is 4. The van der Waals surface area contributed by atoms with E-state index in [0.717, 1.165) is 0 Å². The molecule has 0 heterocycles. The molecule has 0 N–H and O–H groups in total. The van der Waals surface area contributed by atoms with E-state index in [2.05, 4.69) is 0 Å². The van der Waals surface area contributed by atoms with Gasteiger partial charge in [-0.3, -0.25) is 4.79 Å². The van der Waals surface area contributed by atoms with Crippen molar-refractivity contribution in [1.82, 2.24) is 0 Å². The van der Waals surface area contributed by atoms with Crippen LogP contribution in [-0.2, 0) is 4.79 Å². The number of hydrogen-bond acceptors (Lipinski definition) is 1. The zero-order valence-electron chi connectivity index (χ0n) is 7.20. The molecule has 0 unspecified atom stereocenters. The number of hydrogen-bond donors (Lipinski definition) is 0. The third kappa shape index (κ3) is 2.38. The van der Waals surface area contributed by atoms with Crippen LogP contribution in [0, 0.1) is 0 Å². The van der Waals surface area contributed by atoms with Gasteiger partial charge in [-0.1, -0.05) is 12.2 Å². The van der Waals surface area contributed by atoms with Crippen molar-refractivity contribution in [2.75, 3.05) is 5.88 Å². The summed E-state index contributed by atoms with van der Waals surface area (Å²) in [6.45, 7) is 0. The minimum absolute atomic E-state index is 0.0263. The van der Waals surface area contributed by atoms with Crippen LogP contribution < -0.4 is 0 Å². The number of alkyl halides is 4. The van der Waals surface area contributed by atoms with E-state index in [1.165, 1.54) is 0 Å². The third-order valence-electron chi connectivity index (χ3n) is 1.97. The highest BCUT2D eigenvalue weighted by atomic mass is 35.5. The molecule has 1 aliphatic carbocycles. The topological polar surface area (TPSA) is 17.1 Å². The molecule has 0 aromatic rings. The molecule has 5 heteroatoms. The first-order valence-electron chi connectivity index (χ1n) is 4.00. The number of carbonyl (C=O) groups excluding carboxylic acids is 1. The molecular formula is C9H8ClF3O. The zero-order chi connectivity index (χ0) is 10.8. The van der Waals surface area contributed by atoms with Crippen LogP contribution in [0.3, 0.4) is 0 Å². The Morgan fingerprint density at radius 3 is 2.43 bits per heavy atom. The van der Waals surface area contributed by atoms with Gasteiger partial charge in [-0.15, -0.1) is 11.6 Å². The molecule has 1 nitrogen and oxygen atoms in total. The van der Waals surface area contributed by atoms with Crippen molar-refractivity contribution in [2.45, 2.75) is 19.0 Å². The summed E-state index contributed by atoms with van der Waals surface area (Å²) < 4.78 is 36.3. The Labute approximate surface area is 84.2 Å². The van der Waals surface area contributed by atoms with Crippen LogP contribution in [0.2, 0.25) is 0 Å². The van der Waals surface area contributed by atoms with Gasteiger partial charge in [0.1, 0.15) is 0 Å². The van der Waals surface area contributed by atoms with Crippen molar-refractivity contribution in [3.63, 3.8) is 0 Å². The lowest BCUT2D eigenvalue weighted by Crippen LogP contribution is -2.26. The lowest BCUT2D eigenvalue weighted by molar-refractivity contribution is -0.166. The van der Waals surface area contributed by atoms with Gasteiger partial charge in [0.05, 0.1) is 0 Å². The van der Waals surface area contributed by atoms with Crippen LogP contribution in [0.15, 0.2) is 23.3 Å². The molecule has 0 saturated heterocycles. The van der Waals surface area contributed by atoms with Crippen molar-refractivity contribution in [1.29, 1.82) is 0 Å². The summed E-state index contributed by atoms with van der Waals surface area (Å²) in [4.78, 5) is 10.9. The quantitative estimate of drug-likeness (QED) is 0.521. The molecule has 1 rings (SSSR count). The molecule has 0 aliphatic heterocycles. The predicted molar refractivity (Wildman–Crippen MR) is 47.2 cm³/mol. The number of carbonyl (C=O) groups is 1. The van der Waals surface area contributed by atoms with Crippen molar-refractivity contribution in [3.05, 3.63) is 23.3 Å². The van der Waals surface area contributed by atoms with Gasteiger partial charge in [-0.25, -0.2) is 0 Å². The molecule has 1 aliphatic rings. The minimum Gasteiger partial charge on any atom is -0.284 e. The van der Waals surface area contributed by atoms with E-state index in [9.17, 15) is 18.0 Å². The smallest absolute Gasteiger partial charge is 0.284 e. The van der Waals surface area contributed by atoms with Crippen molar-refractivity contribution >= 4 is 17.4 Å².